The van der Waals surface area contributed by atoms with Gasteiger partial charge in [-0.15, -0.1) is 22.7 Å². The van der Waals surface area contributed by atoms with Gasteiger partial charge in [0.25, 0.3) is 5.91 Å². The summed E-state index contributed by atoms with van der Waals surface area (Å²) < 4.78 is 1.12. The van der Waals surface area contributed by atoms with Crippen LogP contribution in [-0.2, 0) is 0 Å². The lowest BCUT2D eigenvalue weighted by Crippen LogP contribution is -2.29. The Morgan fingerprint density at radius 2 is 2.09 bits per heavy atom. The maximum atomic E-state index is 12.7. The first-order valence-electron chi connectivity index (χ1n) is 10.8. The minimum Gasteiger partial charge on any atom is -0.391 e. The van der Waals surface area contributed by atoms with Crippen LogP contribution in [0.1, 0.15) is 30.1 Å². The number of amides is 1. The van der Waals surface area contributed by atoms with Crippen LogP contribution < -0.4 is 10.6 Å². The number of hydrogen-bond acceptors (Lipinski definition) is 9. The molecule has 0 saturated carbocycles. The number of aliphatic hydroxyl groups is 1. The van der Waals surface area contributed by atoms with Crippen molar-refractivity contribution in [2.24, 2.45) is 0 Å². The average Bonchev–Trinajstić information content (AvgIpc) is 3.53. The van der Waals surface area contributed by atoms with Crippen molar-refractivity contribution in [2.45, 2.75) is 32.4 Å². The number of β-amino-alcohol motifs (C(OH)–C–C–N with tert-alkyl or cyclic N) is 1. The Hall–Kier alpha value is -3.08. The Kier molecular flexibility index (Phi) is 5.96. The fraction of sp³-hybridized carbons (Fsp3) is 0.304. The fourth-order valence-corrected chi connectivity index (χ4v) is 5.41. The summed E-state index contributed by atoms with van der Waals surface area (Å²) in [6.45, 7) is 5.08. The molecule has 4 heterocycles. The molecule has 3 N–H and O–H groups in total. The van der Waals surface area contributed by atoms with Gasteiger partial charge in [0.15, 0.2) is 5.01 Å². The van der Waals surface area contributed by atoms with E-state index < -0.39 is 6.10 Å². The summed E-state index contributed by atoms with van der Waals surface area (Å²) in [5.74, 6) is 0.587. The number of nitrogens with one attached hydrogen (secondary N) is 2. The Bertz CT molecular complexity index is 1300. The zero-order valence-electron chi connectivity index (χ0n) is 18.3. The second-order valence-electron chi connectivity index (χ2n) is 8.30. The van der Waals surface area contributed by atoms with Gasteiger partial charge in [-0.05, 0) is 38.5 Å². The van der Waals surface area contributed by atoms with Crippen LogP contribution in [0.15, 0.2) is 42.2 Å². The smallest absolute Gasteiger partial charge is 0.282 e. The topological polar surface area (TPSA) is 103 Å². The Morgan fingerprint density at radius 1 is 1.21 bits per heavy atom. The summed E-state index contributed by atoms with van der Waals surface area (Å²) in [6, 6.07) is 8.24. The number of likely N-dealkylation sites (tertiary alicyclic amines) is 1. The van der Waals surface area contributed by atoms with Gasteiger partial charge in [-0.25, -0.2) is 15.0 Å². The number of pyridine rings is 1. The lowest BCUT2D eigenvalue weighted by molar-refractivity contribution is 0.0764. The molecule has 10 heteroatoms. The first-order chi connectivity index (χ1) is 16.0. The van der Waals surface area contributed by atoms with Crippen molar-refractivity contribution in [1.82, 2.24) is 19.9 Å². The number of fused-ring (bicyclic) bond motifs is 1. The van der Waals surface area contributed by atoms with Gasteiger partial charge in [0.2, 0.25) is 0 Å². The molecule has 170 valence electrons. The van der Waals surface area contributed by atoms with Gasteiger partial charge in [-0.3, -0.25) is 4.79 Å². The summed E-state index contributed by atoms with van der Waals surface area (Å²) in [6.07, 6.45) is 3.69. The van der Waals surface area contributed by atoms with E-state index in [0.717, 1.165) is 37.8 Å². The lowest BCUT2D eigenvalue weighted by atomic mass is 10.2. The van der Waals surface area contributed by atoms with Gasteiger partial charge < -0.3 is 20.6 Å². The highest BCUT2D eigenvalue weighted by Crippen LogP contribution is 2.35. The number of carbonyl (C=O) groups excluding carboxylic acids is 1. The summed E-state index contributed by atoms with van der Waals surface area (Å²) in [4.78, 5) is 28.6. The van der Waals surface area contributed by atoms with Crippen LogP contribution in [0.5, 0.6) is 0 Å². The predicted octanol–water partition coefficient (Wildman–Crippen LogP) is 4.59. The summed E-state index contributed by atoms with van der Waals surface area (Å²) in [5, 5.41) is 17.0. The molecular weight excluding hydrogens is 456 g/mol. The van der Waals surface area contributed by atoms with Crippen molar-refractivity contribution >= 4 is 56.0 Å². The number of hydrogen-bond donors (Lipinski definition) is 3. The zero-order chi connectivity index (χ0) is 22.9. The number of anilines is 3. The molecule has 1 atom stereocenters. The summed E-state index contributed by atoms with van der Waals surface area (Å²) in [7, 11) is 0. The highest BCUT2D eigenvalue weighted by molar-refractivity contribution is 7.17. The van der Waals surface area contributed by atoms with Gasteiger partial charge in [0.05, 0.1) is 26.7 Å². The zero-order valence-corrected chi connectivity index (χ0v) is 19.9. The predicted molar refractivity (Wildman–Crippen MR) is 134 cm³/mol. The molecule has 1 amide bonds. The van der Waals surface area contributed by atoms with Crippen LogP contribution in [0, 0.1) is 0 Å². The van der Waals surface area contributed by atoms with E-state index in [4.69, 9.17) is 0 Å². The van der Waals surface area contributed by atoms with E-state index in [1.54, 1.807) is 28.6 Å². The molecule has 3 aromatic heterocycles. The van der Waals surface area contributed by atoms with Crippen molar-refractivity contribution in [3.63, 3.8) is 0 Å². The highest BCUT2D eigenvalue weighted by atomic mass is 32.1. The molecule has 1 aliphatic heterocycles. The Balaban J connectivity index is 1.41. The van der Waals surface area contributed by atoms with Crippen LogP contribution in [-0.4, -0.2) is 56.1 Å². The molecule has 33 heavy (non-hydrogen) atoms. The number of nitrogens with zero attached hydrogens (tertiary/aromatic N) is 4. The van der Waals surface area contributed by atoms with E-state index in [0.29, 0.717) is 24.5 Å². The molecule has 1 saturated heterocycles. The monoisotopic (exact) mass is 480 g/mol. The van der Waals surface area contributed by atoms with Crippen molar-refractivity contribution in [3.05, 3.63) is 47.2 Å². The second-order valence-corrected chi connectivity index (χ2v) is 10.2. The molecule has 0 aliphatic carbocycles. The van der Waals surface area contributed by atoms with Crippen LogP contribution in [0.2, 0.25) is 0 Å². The van der Waals surface area contributed by atoms with Gasteiger partial charge in [0, 0.05) is 54.5 Å². The van der Waals surface area contributed by atoms with Crippen LogP contribution in [0.4, 0.5) is 17.2 Å². The van der Waals surface area contributed by atoms with E-state index in [-0.39, 0.29) is 11.9 Å². The van der Waals surface area contributed by atoms with Crippen LogP contribution >= 0.6 is 22.7 Å². The molecule has 1 aliphatic rings. The third-order valence-corrected chi connectivity index (χ3v) is 7.17. The number of rotatable bonds is 6. The van der Waals surface area contributed by atoms with E-state index in [2.05, 4.69) is 45.5 Å². The third-order valence-electron chi connectivity index (χ3n) is 5.36. The standard InChI is InChI=1S/C23H24N6O2S2/c1-13(2)27-18-8-21(28-14-3-4-17-19(7-14)32-12-26-17)24-9-16(18)20-10-25-22(33-20)23(31)29-6-5-15(30)11-29/h3-4,7-10,12-13,15,30H,5-6,11H2,1-2H3,(H2,24,27,28). The van der Waals surface area contributed by atoms with Crippen molar-refractivity contribution < 1.29 is 9.90 Å². The third kappa shape index (κ3) is 4.68. The minimum atomic E-state index is -0.448. The van der Waals surface area contributed by atoms with Gasteiger partial charge >= 0.3 is 0 Å². The molecule has 1 unspecified atom stereocenters. The minimum absolute atomic E-state index is 0.133. The first kappa shape index (κ1) is 21.7. The van der Waals surface area contributed by atoms with Gasteiger partial charge in [-0.1, -0.05) is 0 Å². The quantitative estimate of drug-likeness (QED) is 0.371. The van der Waals surface area contributed by atoms with Gasteiger partial charge in [-0.2, -0.15) is 0 Å². The first-order valence-corrected chi connectivity index (χ1v) is 12.5. The van der Waals surface area contributed by atoms with Crippen molar-refractivity contribution in [2.75, 3.05) is 23.7 Å². The maximum Gasteiger partial charge on any atom is 0.282 e. The van der Waals surface area contributed by atoms with Crippen molar-refractivity contribution in [1.29, 1.82) is 0 Å². The van der Waals surface area contributed by atoms with Crippen molar-refractivity contribution in [3.8, 4) is 10.4 Å². The van der Waals surface area contributed by atoms with E-state index >= 15 is 0 Å². The summed E-state index contributed by atoms with van der Waals surface area (Å²) in [5.41, 5.74) is 5.58. The van der Waals surface area contributed by atoms with Gasteiger partial charge in [0.1, 0.15) is 5.82 Å². The largest absolute Gasteiger partial charge is 0.391 e. The van der Waals surface area contributed by atoms with Crippen LogP contribution in [0.25, 0.3) is 20.7 Å². The maximum absolute atomic E-state index is 12.7. The molecule has 5 rings (SSSR count). The molecule has 8 nitrogen and oxygen atoms in total. The average molecular weight is 481 g/mol. The lowest BCUT2D eigenvalue weighted by Gasteiger charge is -2.16. The normalized spacial score (nSPS) is 16.0. The molecule has 4 aromatic rings. The molecular formula is C23H24N6O2S2. The van der Waals surface area contributed by atoms with E-state index in [9.17, 15) is 9.90 Å². The SMILES string of the molecule is CC(C)Nc1cc(Nc2ccc3ncsc3c2)ncc1-c1cnc(C(=O)N2CCC(O)C2)s1. The number of aliphatic hydroxyl groups excluding tert-OH is 1. The highest BCUT2D eigenvalue weighted by Gasteiger charge is 2.27. The number of thiazole rings is 2. The number of carbonyl (C=O) groups is 1. The molecule has 1 fully saturated rings. The molecule has 1 aromatic carbocycles. The molecule has 0 radical (unpaired) electrons. The van der Waals surface area contributed by atoms with Crippen LogP contribution in [0.3, 0.4) is 0 Å². The summed E-state index contributed by atoms with van der Waals surface area (Å²) >= 11 is 2.95. The number of aromatic nitrogens is 3. The Labute approximate surface area is 199 Å². The number of benzene rings is 1. The van der Waals surface area contributed by atoms with E-state index in [1.165, 1.54) is 11.3 Å². The van der Waals surface area contributed by atoms with E-state index in [1.807, 2.05) is 23.7 Å². The second kappa shape index (κ2) is 9.05. The Morgan fingerprint density at radius 3 is 2.88 bits per heavy atom. The fourth-order valence-electron chi connectivity index (χ4n) is 3.79. The molecule has 0 bridgehead atoms. The molecule has 0 spiro atoms.